The van der Waals surface area contributed by atoms with Crippen molar-refractivity contribution in [3.63, 3.8) is 0 Å². The minimum atomic E-state index is -0.472. The molecule has 6 heteroatoms. The van der Waals surface area contributed by atoms with Crippen molar-refractivity contribution in [2.75, 3.05) is 10.2 Å². The first-order chi connectivity index (χ1) is 15.5. The maximum absolute atomic E-state index is 13.6. The molecule has 2 amide bonds. The van der Waals surface area contributed by atoms with Crippen molar-refractivity contribution in [3.8, 4) is 0 Å². The highest BCUT2D eigenvalue weighted by molar-refractivity contribution is 6.47. The average Bonchev–Trinajstić information content (AvgIpc) is 3.03. The highest BCUT2D eigenvalue weighted by Crippen LogP contribution is 2.36. The van der Waals surface area contributed by atoms with Crippen molar-refractivity contribution in [3.05, 3.63) is 112 Å². The van der Waals surface area contributed by atoms with Crippen molar-refractivity contribution in [2.24, 2.45) is 0 Å². The Labute approximate surface area is 194 Å². The molecule has 0 atom stereocenters. The third-order valence-corrected chi connectivity index (χ3v) is 5.74. The fraction of sp³-hybridized carbons (Fsp3) is 0. The number of hydrogen-bond acceptors (Lipinski definition) is 3. The zero-order chi connectivity index (χ0) is 22.2. The molecule has 0 saturated carbocycles. The number of imide groups is 1. The molecule has 0 aromatic heterocycles. The van der Waals surface area contributed by atoms with Gasteiger partial charge in [0.15, 0.2) is 0 Å². The molecule has 0 saturated heterocycles. The molecule has 1 N–H and O–H groups in total. The Bertz CT molecular complexity index is 1390. The van der Waals surface area contributed by atoms with Crippen LogP contribution in [0, 0.1) is 0 Å². The second kappa shape index (κ2) is 8.15. The van der Waals surface area contributed by atoms with Gasteiger partial charge in [-0.2, -0.15) is 0 Å². The maximum atomic E-state index is 13.6. The summed E-state index contributed by atoms with van der Waals surface area (Å²) in [6.07, 6.45) is 0. The molecule has 0 spiro atoms. The van der Waals surface area contributed by atoms with Gasteiger partial charge in [0.25, 0.3) is 11.8 Å². The Hall–Kier alpha value is -3.60. The van der Waals surface area contributed by atoms with E-state index < -0.39 is 11.8 Å². The summed E-state index contributed by atoms with van der Waals surface area (Å²) in [5, 5.41) is 5.89. The van der Waals surface area contributed by atoms with Crippen LogP contribution in [-0.2, 0) is 9.59 Å². The Morgan fingerprint density at radius 2 is 1.34 bits per heavy atom. The molecule has 0 aliphatic carbocycles. The van der Waals surface area contributed by atoms with Gasteiger partial charge in [-0.25, -0.2) is 4.90 Å². The van der Waals surface area contributed by atoms with E-state index in [2.05, 4.69) is 5.32 Å². The lowest BCUT2D eigenvalue weighted by molar-refractivity contribution is -0.120. The van der Waals surface area contributed by atoms with Crippen LogP contribution in [0.1, 0.15) is 5.56 Å². The van der Waals surface area contributed by atoms with Crippen molar-refractivity contribution < 1.29 is 9.59 Å². The smallest absolute Gasteiger partial charge is 0.282 e. The number of nitrogens with one attached hydrogen (secondary N) is 1. The molecule has 0 radical (unpaired) electrons. The van der Waals surface area contributed by atoms with Gasteiger partial charge in [-0.3, -0.25) is 9.59 Å². The van der Waals surface area contributed by atoms with Crippen LogP contribution in [-0.4, -0.2) is 11.8 Å². The first kappa shape index (κ1) is 20.3. The van der Waals surface area contributed by atoms with Crippen LogP contribution in [0.4, 0.5) is 11.4 Å². The topological polar surface area (TPSA) is 49.4 Å². The number of carbonyl (C=O) groups is 2. The fourth-order valence-electron chi connectivity index (χ4n) is 3.89. The molecule has 5 rings (SSSR count). The maximum Gasteiger partial charge on any atom is 0.282 e. The number of anilines is 2. The zero-order valence-electron chi connectivity index (χ0n) is 16.7. The van der Waals surface area contributed by atoms with E-state index in [1.165, 1.54) is 0 Å². The standard InChI is InChI=1S/C26H16Cl2N2O2/c27-18-13-19(28)15-20(14-18)30-25(31)23(17-8-2-1-3-9-17)24(26(30)32)29-22-12-6-10-16-7-4-5-11-21(16)22/h1-15,29H. The highest BCUT2D eigenvalue weighted by atomic mass is 35.5. The molecule has 0 bridgehead atoms. The molecule has 4 aromatic carbocycles. The van der Waals surface area contributed by atoms with E-state index in [1.54, 1.807) is 30.3 Å². The molecule has 4 aromatic rings. The third kappa shape index (κ3) is 3.54. The van der Waals surface area contributed by atoms with E-state index in [9.17, 15) is 9.59 Å². The van der Waals surface area contributed by atoms with E-state index in [0.29, 0.717) is 26.9 Å². The number of amides is 2. The van der Waals surface area contributed by atoms with Gasteiger partial charge in [-0.1, -0.05) is 89.9 Å². The molecular weight excluding hydrogens is 443 g/mol. The minimum Gasteiger partial charge on any atom is -0.350 e. The summed E-state index contributed by atoms with van der Waals surface area (Å²) in [5.74, 6) is -0.914. The van der Waals surface area contributed by atoms with E-state index >= 15 is 0 Å². The van der Waals surface area contributed by atoms with E-state index in [1.807, 2.05) is 60.7 Å². The monoisotopic (exact) mass is 458 g/mol. The Morgan fingerprint density at radius 3 is 2.09 bits per heavy atom. The lowest BCUT2D eigenvalue weighted by Gasteiger charge is -2.16. The number of rotatable bonds is 4. The predicted molar refractivity (Wildman–Crippen MR) is 130 cm³/mol. The molecule has 156 valence electrons. The van der Waals surface area contributed by atoms with Gasteiger partial charge >= 0.3 is 0 Å². The van der Waals surface area contributed by atoms with Gasteiger partial charge in [0.2, 0.25) is 0 Å². The van der Waals surface area contributed by atoms with Crippen LogP contribution in [0.3, 0.4) is 0 Å². The van der Waals surface area contributed by atoms with Crippen molar-refractivity contribution in [2.45, 2.75) is 0 Å². The molecule has 1 heterocycles. The van der Waals surface area contributed by atoms with Gasteiger partial charge in [0, 0.05) is 21.1 Å². The first-order valence-corrected chi connectivity index (χ1v) is 10.7. The number of nitrogens with zero attached hydrogens (tertiary/aromatic N) is 1. The van der Waals surface area contributed by atoms with Crippen molar-refractivity contribution in [1.82, 2.24) is 0 Å². The molecule has 0 unspecified atom stereocenters. The summed E-state index contributed by atoms with van der Waals surface area (Å²) in [4.78, 5) is 28.2. The molecule has 1 aliphatic heterocycles. The first-order valence-electron chi connectivity index (χ1n) is 9.92. The lowest BCUT2D eigenvalue weighted by Crippen LogP contribution is -2.32. The normalized spacial score (nSPS) is 13.9. The molecule has 0 fully saturated rings. The molecular formula is C26H16Cl2N2O2. The summed E-state index contributed by atoms with van der Waals surface area (Å²) < 4.78 is 0. The second-order valence-electron chi connectivity index (χ2n) is 7.34. The van der Waals surface area contributed by atoms with Crippen LogP contribution in [0.5, 0.6) is 0 Å². The Kier molecular flexibility index (Phi) is 5.17. The SMILES string of the molecule is O=C1C(Nc2cccc3ccccc23)=C(c2ccccc2)C(=O)N1c1cc(Cl)cc(Cl)c1. The largest absolute Gasteiger partial charge is 0.350 e. The van der Waals surface area contributed by atoms with Gasteiger partial charge in [-0.15, -0.1) is 0 Å². The summed E-state index contributed by atoms with van der Waals surface area (Å²) in [7, 11) is 0. The summed E-state index contributed by atoms with van der Waals surface area (Å²) in [6, 6.07) is 27.4. The van der Waals surface area contributed by atoms with Crippen LogP contribution in [0.25, 0.3) is 16.3 Å². The van der Waals surface area contributed by atoms with Crippen LogP contribution in [0.15, 0.2) is 96.7 Å². The van der Waals surface area contributed by atoms with Crippen LogP contribution >= 0.6 is 23.2 Å². The Balaban J connectivity index is 1.66. The predicted octanol–water partition coefficient (Wildman–Crippen LogP) is 6.54. The Morgan fingerprint density at radius 1 is 0.688 bits per heavy atom. The van der Waals surface area contributed by atoms with Crippen molar-refractivity contribution >= 4 is 62.7 Å². The third-order valence-electron chi connectivity index (χ3n) is 5.30. The number of carbonyl (C=O) groups excluding carboxylic acids is 2. The number of benzene rings is 4. The fourth-order valence-corrected chi connectivity index (χ4v) is 4.40. The molecule has 32 heavy (non-hydrogen) atoms. The minimum absolute atomic E-state index is 0.202. The number of hydrogen-bond donors (Lipinski definition) is 1. The lowest BCUT2D eigenvalue weighted by atomic mass is 10.0. The molecule has 4 nitrogen and oxygen atoms in total. The van der Waals surface area contributed by atoms with Gasteiger partial charge < -0.3 is 5.32 Å². The second-order valence-corrected chi connectivity index (χ2v) is 8.21. The van der Waals surface area contributed by atoms with Gasteiger partial charge in [0.05, 0.1) is 11.3 Å². The number of halogens is 2. The summed E-state index contributed by atoms with van der Waals surface area (Å²) >= 11 is 12.3. The van der Waals surface area contributed by atoms with E-state index in [-0.39, 0.29) is 5.70 Å². The highest BCUT2D eigenvalue weighted by Gasteiger charge is 2.40. The summed E-state index contributed by atoms with van der Waals surface area (Å²) in [5.41, 5.74) is 2.19. The average molecular weight is 459 g/mol. The number of fused-ring (bicyclic) bond motifs is 1. The quantitative estimate of drug-likeness (QED) is 0.353. The van der Waals surface area contributed by atoms with E-state index in [0.717, 1.165) is 21.4 Å². The van der Waals surface area contributed by atoms with Crippen LogP contribution < -0.4 is 10.2 Å². The van der Waals surface area contributed by atoms with Crippen molar-refractivity contribution in [1.29, 1.82) is 0 Å². The van der Waals surface area contributed by atoms with Gasteiger partial charge in [0.1, 0.15) is 5.70 Å². The van der Waals surface area contributed by atoms with E-state index in [4.69, 9.17) is 23.2 Å². The summed E-state index contributed by atoms with van der Waals surface area (Å²) in [6.45, 7) is 0. The molecule has 1 aliphatic rings. The van der Waals surface area contributed by atoms with Gasteiger partial charge in [-0.05, 0) is 35.2 Å². The zero-order valence-corrected chi connectivity index (χ0v) is 18.2. The van der Waals surface area contributed by atoms with Crippen LogP contribution in [0.2, 0.25) is 10.0 Å².